The summed E-state index contributed by atoms with van der Waals surface area (Å²) in [5.74, 6) is -1.01. The number of anilines is 1. The van der Waals surface area contributed by atoms with E-state index in [1.807, 2.05) is 0 Å². The van der Waals surface area contributed by atoms with Gasteiger partial charge in [0.15, 0.2) is 0 Å². The number of carbonyl (C=O) groups excluding carboxylic acids is 1. The molecular formula is C25H30F3N5O3. The molecule has 11 heteroatoms. The van der Waals surface area contributed by atoms with E-state index in [0.29, 0.717) is 41.2 Å². The predicted octanol–water partition coefficient (Wildman–Crippen LogP) is 3.60. The van der Waals surface area contributed by atoms with Gasteiger partial charge in [0, 0.05) is 51.6 Å². The number of methoxy groups -OCH3 is 1. The highest BCUT2D eigenvalue weighted by Crippen LogP contribution is 2.37. The molecule has 1 aliphatic carbocycles. The molecule has 194 valence electrons. The summed E-state index contributed by atoms with van der Waals surface area (Å²) in [7, 11) is 3.10. The number of aromatic nitrogens is 3. The fourth-order valence-corrected chi connectivity index (χ4v) is 5.08. The quantitative estimate of drug-likeness (QED) is 0.646. The number of hydrogen-bond acceptors (Lipinski definition) is 6. The number of nitrogens with one attached hydrogen (secondary N) is 1. The van der Waals surface area contributed by atoms with Crippen LogP contribution in [0.2, 0.25) is 0 Å². The smallest absolute Gasteiger partial charge is 0.266 e. The van der Waals surface area contributed by atoms with Gasteiger partial charge in [0.05, 0.1) is 17.5 Å². The molecule has 1 saturated heterocycles. The van der Waals surface area contributed by atoms with Crippen molar-refractivity contribution < 1.29 is 22.7 Å². The van der Waals surface area contributed by atoms with E-state index in [2.05, 4.69) is 15.3 Å². The summed E-state index contributed by atoms with van der Waals surface area (Å²) in [6.07, 6.45) is 0.473. The Balaban J connectivity index is 1.80. The lowest BCUT2D eigenvalue weighted by Crippen LogP contribution is -2.40. The zero-order chi connectivity index (χ0) is 26.4. The number of likely N-dealkylation sites (tertiary alicyclic amines) is 1. The third-order valence-electron chi connectivity index (χ3n) is 7.23. The number of nitrogens with zero attached hydrogens (tertiary/aromatic N) is 4. The van der Waals surface area contributed by atoms with Crippen molar-refractivity contribution in [2.45, 2.75) is 51.7 Å². The van der Waals surface area contributed by atoms with Crippen molar-refractivity contribution in [1.29, 1.82) is 0 Å². The Morgan fingerprint density at radius 3 is 2.67 bits per heavy atom. The SMILES string of the molecule is CO[C@]1(c2cc3c(N[C@H](C)C4CC=CC(C(F)F)=C4F)nc(C)nc3n(C)c2=O)CCN(C(C)=O)C1. The standard InChI is InChI=1S/C25H30F3N5O3/c1-13(16-7-6-8-17(20(16)26)21(27)28)29-22-18-11-19(24(35)32(4)23(18)31-14(2)30-22)25(36-5)9-10-33(12-25)15(3)34/h6,8,11,13,16,21H,7,9-10,12H2,1-5H3,(H,29,30,31)/t13-,16?,25-/m1/s1. The minimum atomic E-state index is -2.90. The molecule has 1 aliphatic heterocycles. The summed E-state index contributed by atoms with van der Waals surface area (Å²) in [6, 6.07) is 1.08. The van der Waals surface area contributed by atoms with Gasteiger partial charge in [-0.25, -0.2) is 23.1 Å². The van der Waals surface area contributed by atoms with Crippen LogP contribution in [0, 0.1) is 12.8 Å². The maximum absolute atomic E-state index is 14.9. The summed E-state index contributed by atoms with van der Waals surface area (Å²) in [4.78, 5) is 35.9. The fourth-order valence-electron chi connectivity index (χ4n) is 5.08. The summed E-state index contributed by atoms with van der Waals surface area (Å²) in [6.45, 7) is 5.52. The van der Waals surface area contributed by atoms with E-state index < -0.39 is 35.4 Å². The first-order valence-corrected chi connectivity index (χ1v) is 11.8. The second kappa shape index (κ2) is 9.68. The van der Waals surface area contributed by atoms with Gasteiger partial charge in [-0.3, -0.25) is 14.2 Å². The van der Waals surface area contributed by atoms with E-state index in [-0.39, 0.29) is 24.4 Å². The van der Waals surface area contributed by atoms with Crippen LogP contribution < -0.4 is 10.9 Å². The number of pyridine rings is 1. The average molecular weight is 506 g/mol. The number of carbonyl (C=O) groups is 1. The molecule has 3 heterocycles. The highest BCUT2D eigenvalue weighted by atomic mass is 19.3. The van der Waals surface area contributed by atoms with Crippen molar-refractivity contribution in [3.8, 4) is 0 Å². The lowest BCUT2D eigenvalue weighted by Gasteiger charge is -2.29. The molecule has 0 saturated carbocycles. The number of rotatable bonds is 6. The summed E-state index contributed by atoms with van der Waals surface area (Å²) in [5, 5.41) is 3.69. The lowest BCUT2D eigenvalue weighted by atomic mass is 9.89. The van der Waals surface area contributed by atoms with Gasteiger partial charge in [-0.1, -0.05) is 12.2 Å². The van der Waals surface area contributed by atoms with Crippen LogP contribution in [0.25, 0.3) is 11.0 Å². The first-order valence-electron chi connectivity index (χ1n) is 11.8. The van der Waals surface area contributed by atoms with E-state index in [4.69, 9.17) is 4.74 Å². The average Bonchev–Trinajstić information content (AvgIpc) is 3.27. The van der Waals surface area contributed by atoms with Crippen molar-refractivity contribution in [2.75, 3.05) is 25.5 Å². The molecule has 1 unspecified atom stereocenters. The first kappa shape index (κ1) is 25.9. The van der Waals surface area contributed by atoms with Crippen LogP contribution in [-0.2, 0) is 22.2 Å². The number of allylic oxidation sites excluding steroid dienone is 3. The largest absolute Gasteiger partial charge is 0.371 e. The number of fused-ring (bicyclic) bond motifs is 1. The molecule has 2 aromatic heterocycles. The molecule has 0 aromatic carbocycles. The summed E-state index contributed by atoms with van der Waals surface area (Å²) in [5.41, 5.74) is -1.19. The number of amides is 1. The zero-order valence-corrected chi connectivity index (χ0v) is 20.9. The van der Waals surface area contributed by atoms with E-state index in [9.17, 15) is 22.8 Å². The molecule has 0 radical (unpaired) electrons. The third kappa shape index (κ3) is 4.40. The molecule has 1 N–H and O–H groups in total. The maximum Gasteiger partial charge on any atom is 0.266 e. The normalized spacial score (nSPS) is 23.1. The van der Waals surface area contributed by atoms with E-state index in [0.717, 1.165) is 6.08 Å². The van der Waals surface area contributed by atoms with Crippen molar-refractivity contribution in [3.63, 3.8) is 0 Å². The Bertz CT molecular complexity index is 1320. The fraction of sp³-hybridized carbons (Fsp3) is 0.520. The Morgan fingerprint density at radius 1 is 1.33 bits per heavy atom. The van der Waals surface area contributed by atoms with Crippen LogP contribution in [0.4, 0.5) is 19.0 Å². The van der Waals surface area contributed by atoms with Gasteiger partial charge in [-0.15, -0.1) is 0 Å². The summed E-state index contributed by atoms with van der Waals surface area (Å²) >= 11 is 0. The molecule has 1 fully saturated rings. The van der Waals surface area contributed by atoms with Crippen LogP contribution in [0.1, 0.15) is 38.1 Å². The monoisotopic (exact) mass is 505 g/mol. The van der Waals surface area contributed by atoms with E-state index in [1.165, 1.54) is 18.6 Å². The van der Waals surface area contributed by atoms with Gasteiger partial charge >= 0.3 is 0 Å². The zero-order valence-electron chi connectivity index (χ0n) is 20.9. The number of halogens is 3. The second-order valence-electron chi connectivity index (χ2n) is 9.45. The third-order valence-corrected chi connectivity index (χ3v) is 7.23. The predicted molar refractivity (Wildman–Crippen MR) is 130 cm³/mol. The van der Waals surface area contributed by atoms with E-state index >= 15 is 0 Å². The molecule has 2 aromatic rings. The van der Waals surface area contributed by atoms with Crippen LogP contribution in [0.5, 0.6) is 0 Å². The van der Waals surface area contributed by atoms with Gasteiger partial charge < -0.3 is 15.0 Å². The van der Waals surface area contributed by atoms with Crippen molar-refractivity contribution in [3.05, 3.63) is 51.4 Å². The van der Waals surface area contributed by atoms with Gasteiger partial charge in [-0.2, -0.15) is 0 Å². The minimum Gasteiger partial charge on any atom is -0.371 e. The molecule has 36 heavy (non-hydrogen) atoms. The van der Waals surface area contributed by atoms with Crippen LogP contribution in [0.15, 0.2) is 34.4 Å². The number of aryl methyl sites for hydroxylation is 2. The van der Waals surface area contributed by atoms with E-state index in [1.54, 1.807) is 37.9 Å². The van der Waals surface area contributed by atoms with Crippen molar-refractivity contribution >= 4 is 22.8 Å². The van der Waals surface area contributed by atoms with Crippen LogP contribution >= 0.6 is 0 Å². The van der Waals surface area contributed by atoms with Gasteiger partial charge in [-0.05, 0) is 26.3 Å². The Hall–Kier alpha value is -3.21. The Labute approximate surface area is 206 Å². The van der Waals surface area contributed by atoms with Crippen molar-refractivity contribution in [2.24, 2.45) is 13.0 Å². The van der Waals surface area contributed by atoms with Crippen LogP contribution in [0.3, 0.4) is 0 Å². The molecule has 2 aliphatic rings. The molecular weight excluding hydrogens is 475 g/mol. The molecule has 4 rings (SSSR count). The number of alkyl halides is 2. The number of hydrogen-bond donors (Lipinski definition) is 1. The Morgan fingerprint density at radius 2 is 2.06 bits per heavy atom. The highest BCUT2D eigenvalue weighted by Gasteiger charge is 2.43. The molecule has 0 bridgehead atoms. The van der Waals surface area contributed by atoms with Gasteiger partial charge in [0.1, 0.15) is 28.7 Å². The molecule has 3 atom stereocenters. The van der Waals surface area contributed by atoms with Gasteiger partial charge in [0.2, 0.25) is 5.91 Å². The van der Waals surface area contributed by atoms with Crippen molar-refractivity contribution in [1.82, 2.24) is 19.4 Å². The van der Waals surface area contributed by atoms with Gasteiger partial charge in [0.25, 0.3) is 12.0 Å². The minimum absolute atomic E-state index is 0.110. The molecule has 8 nitrogen and oxygen atoms in total. The highest BCUT2D eigenvalue weighted by molar-refractivity contribution is 5.87. The topological polar surface area (TPSA) is 89.3 Å². The summed E-state index contributed by atoms with van der Waals surface area (Å²) < 4.78 is 48.6. The number of ether oxygens (including phenoxy) is 1. The lowest BCUT2D eigenvalue weighted by molar-refractivity contribution is -0.129. The molecule has 1 amide bonds. The Kier molecular flexibility index (Phi) is 6.96. The maximum atomic E-state index is 14.9. The van der Waals surface area contributed by atoms with Crippen LogP contribution in [-0.4, -0.2) is 58.0 Å². The first-order chi connectivity index (χ1) is 17.0. The second-order valence-corrected chi connectivity index (χ2v) is 9.45. The molecule has 0 spiro atoms.